The van der Waals surface area contributed by atoms with Crippen molar-refractivity contribution in [3.05, 3.63) is 47.4 Å². The molecule has 0 aliphatic carbocycles. The minimum absolute atomic E-state index is 0.0722. The van der Waals surface area contributed by atoms with Gasteiger partial charge in [-0.15, -0.1) is 0 Å². The molecule has 2 aliphatic heterocycles. The second kappa shape index (κ2) is 6.02. The Morgan fingerprint density at radius 1 is 1.30 bits per heavy atom. The number of ether oxygens (including phenoxy) is 1. The van der Waals surface area contributed by atoms with Crippen LogP contribution >= 0.6 is 0 Å². The molecular formula is C17H20FN3O2. The van der Waals surface area contributed by atoms with Crippen LogP contribution in [0.4, 0.5) is 4.39 Å². The van der Waals surface area contributed by atoms with Crippen LogP contribution in [0, 0.1) is 18.7 Å². The standard InChI is InChI=1S/C17H20FN3O2/c1-11-19-17(23-20-11)15-8-13-6-7-21(10-16(13)22-15)9-12-2-4-14(18)5-3-12/h2-5,13,15-16H,6-10H2,1H3/t13-,15+,16+/m1/s1. The molecule has 2 saturated heterocycles. The minimum atomic E-state index is -0.190. The summed E-state index contributed by atoms with van der Waals surface area (Å²) in [6.07, 6.45) is 2.20. The number of benzene rings is 1. The molecule has 0 radical (unpaired) electrons. The van der Waals surface area contributed by atoms with Crippen molar-refractivity contribution in [2.75, 3.05) is 13.1 Å². The van der Waals surface area contributed by atoms with Crippen LogP contribution in [0.1, 0.15) is 36.2 Å². The summed E-state index contributed by atoms with van der Waals surface area (Å²) in [5.74, 6) is 1.61. The number of piperidine rings is 1. The number of fused-ring (bicyclic) bond motifs is 1. The van der Waals surface area contributed by atoms with Crippen molar-refractivity contribution in [3.8, 4) is 0 Å². The van der Waals surface area contributed by atoms with Crippen LogP contribution in [0.3, 0.4) is 0 Å². The summed E-state index contributed by atoms with van der Waals surface area (Å²) in [6.45, 7) is 4.58. The number of aromatic nitrogens is 2. The lowest BCUT2D eigenvalue weighted by molar-refractivity contribution is -0.0189. The van der Waals surface area contributed by atoms with E-state index >= 15 is 0 Å². The van der Waals surface area contributed by atoms with E-state index in [4.69, 9.17) is 9.26 Å². The number of hydrogen-bond acceptors (Lipinski definition) is 5. The summed E-state index contributed by atoms with van der Waals surface area (Å²) in [5.41, 5.74) is 1.13. The van der Waals surface area contributed by atoms with Crippen molar-refractivity contribution in [2.45, 2.75) is 38.5 Å². The molecule has 0 amide bonds. The second-order valence-corrected chi connectivity index (χ2v) is 6.49. The molecular weight excluding hydrogens is 297 g/mol. The zero-order valence-electron chi connectivity index (χ0n) is 13.1. The Bertz CT molecular complexity index is 673. The van der Waals surface area contributed by atoms with E-state index in [1.165, 1.54) is 12.1 Å². The summed E-state index contributed by atoms with van der Waals surface area (Å²) in [4.78, 5) is 6.66. The largest absolute Gasteiger partial charge is 0.364 e. The SMILES string of the molecule is Cc1noc([C@@H]2C[C@H]3CCN(Cc4ccc(F)cc4)C[C@@H]3O2)n1. The fourth-order valence-electron chi connectivity index (χ4n) is 3.59. The van der Waals surface area contributed by atoms with Crippen molar-refractivity contribution in [1.82, 2.24) is 15.0 Å². The van der Waals surface area contributed by atoms with Gasteiger partial charge in [0.2, 0.25) is 0 Å². The van der Waals surface area contributed by atoms with Crippen LogP contribution in [0.15, 0.2) is 28.8 Å². The Labute approximate surface area is 134 Å². The number of nitrogens with zero attached hydrogens (tertiary/aromatic N) is 3. The lowest BCUT2D eigenvalue weighted by Gasteiger charge is -2.34. The number of rotatable bonds is 3. The molecule has 5 nitrogen and oxygen atoms in total. The predicted octanol–water partition coefficient (Wildman–Crippen LogP) is 2.87. The Hall–Kier alpha value is -1.79. The van der Waals surface area contributed by atoms with Crippen LogP contribution in [-0.4, -0.2) is 34.2 Å². The first-order valence-electron chi connectivity index (χ1n) is 8.10. The van der Waals surface area contributed by atoms with E-state index in [0.29, 0.717) is 17.6 Å². The molecule has 2 aliphatic rings. The highest BCUT2D eigenvalue weighted by Gasteiger charge is 2.41. The molecule has 0 spiro atoms. The molecule has 1 aromatic heterocycles. The molecule has 2 fully saturated rings. The number of aryl methyl sites for hydroxylation is 1. The molecule has 0 saturated carbocycles. The summed E-state index contributed by atoms with van der Waals surface area (Å²) in [7, 11) is 0. The average Bonchev–Trinajstić information content (AvgIpc) is 3.15. The van der Waals surface area contributed by atoms with Crippen molar-refractivity contribution >= 4 is 0 Å². The van der Waals surface area contributed by atoms with Gasteiger partial charge in [0.1, 0.15) is 11.9 Å². The first-order valence-corrected chi connectivity index (χ1v) is 8.10. The van der Waals surface area contributed by atoms with Gasteiger partial charge in [-0.1, -0.05) is 17.3 Å². The molecule has 0 bridgehead atoms. The smallest absolute Gasteiger partial charge is 0.255 e. The Morgan fingerprint density at radius 3 is 2.87 bits per heavy atom. The van der Waals surface area contributed by atoms with Crippen molar-refractivity contribution < 1.29 is 13.7 Å². The van der Waals surface area contributed by atoms with Crippen molar-refractivity contribution in [3.63, 3.8) is 0 Å². The molecule has 3 atom stereocenters. The zero-order chi connectivity index (χ0) is 15.8. The lowest BCUT2D eigenvalue weighted by Crippen LogP contribution is -2.41. The van der Waals surface area contributed by atoms with Crippen LogP contribution in [0.5, 0.6) is 0 Å². The van der Waals surface area contributed by atoms with Gasteiger partial charge in [-0.2, -0.15) is 4.98 Å². The van der Waals surface area contributed by atoms with E-state index in [1.807, 2.05) is 19.1 Å². The first-order chi connectivity index (χ1) is 11.2. The van der Waals surface area contributed by atoms with Gasteiger partial charge in [0.25, 0.3) is 5.89 Å². The second-order valence-electron chi connectivity index (χ2n) is 6.49. The summed E-state index contributed by atoms with van der Waals surface area (Å²) >= 11 is 0. The summed E-state index contributed by atoms with van der Waals surface area (Å²) in [5, 5.41) is 3.85. The van der Waals surface area contributed by atoms with Crippen LogP contribution in [-0.2, 0) is 11.3 Å². The Morgan fingerprint density at radius 2 is 2.13 bits per heavy atom. The van der Waals surface area contributed by atoms with E-state index in [9.17, 15) is 4.39 Å². The quantitative estimate of drug-likeness (QED) is 0.871. The van der Waals surface area contributed by atoms with Gasteiger partial charge in [-0.05, 0) is 49.9 Å². The van der Waals surface area contributed by atoms with Crippen LogP contribution < -0.4 is 0 Å². The van der Waals surface area contributed by atoms with Gasteiger partial charge in [0, 0.05) is 13.1 Å². The molecule has 122 valence electrons. The molecule has 6 heteroatoms. The average molecular weight is 317 g/mol. The van der Waals surface area contributed by atoms with Gasteiger partial charge >= 0.3 is 0 Å². The third-order valence-corrected chi connectivity index (χ3v) is 4.77. The van der Waals surface area contributed by atoms with E-state index in [2.05, 4.69) is 15.0 Å². The number of halogens is 1. The first kappa shape index (κ1) is 14.8. The normalized spacial score (nSPS) is 28.0. The Balaban J connectivity index is 1.38. The molecule has 0 N–H and O–H groups in total. The van der Waals surface area contributed by atoms with E-state index < -0.39 is 0 Å². The number of hydrogen-bond donors (Lipinski definition) is 0. The van der Waals surface area contributed by atoms with Crippen molar-refractivity contribution in [2.24, 2.45) is 5.92 Å². The van der Waals surface area contributed by atoms with Gasteiger partial charge < -0.3 is 9.26 Å². The maximum atomic E-state index is 13.0. The van der Waals surface area contributed by atoms with Crippen molar-refractivity contribution in [1.29, 1.82) is 0 Å². The predicted molar refractivity (Wildman–Crippen MR) is 81.1 cm³/mol. The molecule has 3 heterocycles. The zero-order valence-corrected chi connectivity index (χ0v) is 13.1. The fraction of sp³-hybridized carbons (Fsp3) is 0.529. The van der Waals surface area contributed by atoms with E-state index in [1.54, 1.807) is 0 Å². The highest BCUT2D eigenvalue weighted by atomic mass is 19.1. The maximum Gasteiger partial charge on any atom is 0.255 e. The summed E-state index contributed by atoms with van der Waals surface area (Å²) < 4.78 is 24.4. The van der Waals surface area contributed by atoms with Gasteiger partial charge in [0.05, 0.1) is 6.10 Å². The molecule has 4 rings (SSSR count). The fourth-order valence-corrected chi connectivity index (χ4v) is 3.59. The monoisotopic (exact) mass is 317 g/mol. The molecule has 23 heavy (non-hydrogen) atoms. The minimum Gasteiger partial charge on any atom is -0.364 e. The highest BCUT2D eigenvalue weighted by molar-refractivity contribution is 5.16. The van der Waals surface area contributed by atoms with Gasteiger partial charge in [-0.3, -0.25) is 4.90 Å². The Kier molecular flexibility index (Phi) is 3.87. The highest BCUT2D eigenvalue weighted by Crippen LogP contribution is 2.40. The topological polar surface area (TPSA) is 51.4 Å². The van der Waals surface area contributed by atoms with Crippen LogP contribution in [0.25, 0.3) is 0 Å². The van der Waals surface area contributed by atoms with Gasteiger partial charge in [-0.25, -0.2) is 4.39 Å². The van der Waals surface area contributed by atoms with Gasteiger partial charge in [0.15, 0.2) is 5.82 Å². The van der Waals surface area contributed by atoms with Crippen LogP contribution in [0.2, 0.25) is 0 Å². The third-order valence-electron chi connectivity index (χ3n) is 4.77. The molecule has 0 unspecified atom stereocenters. The third kappa shape index (κ3) is 3.14. The van der Waals surface area contributed by atoms with E-state index in [0.717, 1.165) is 38.0 Å². The van der Waals surface area contributed by atoms with E-state index in [-0.39, 0.29) is 18.0 Å². The lowest BCUT2D eigenvalue weighted by atomic mass is 9.91. The molecule has 1 aromatic carbocycles. The molecule has 2 aromatic rings. The summed E-state index contributed by atoms with van der Waals surface area (Å²) in [6, 6.07) is 6.73. The maximum absolute atomic E-state index is 13.0. The number of likely N-dealkylation sites (tertiary alicyclic amines) is 1.